The summed E-state index contributed by atoms with van der Waals surface area (Å²) < 4.78 is 18.1. The Balaban J connectivity index is 2.13. The lowest BCUT2D eigenvalue weighted by Crippen LogP contribution is -2.13. The van der Waals surface area contributed by atoms with E-state index in [2.05, 4.69) is 4.98 Å². The van der Waals surface area contributed by atoms with E-state index in [1.54, 1.807) is 6.92 Å². The van der Waals surface area contributed by atoms with E-state index in [-0.39, 0.29) is 11.3 Å². The quantitative estimate of drug-likeness (QED) is 0.480. The van der Waals surface area contributed by atoms with E-state index in [1.165, 1.54) is 30.3 Å². The number of Topliss-reactive ketones (excluding diaryl/α,β-unsaturated/α-hetero) is 1. The van der Waals surface area contributed by atoms with Crippen molar-refractivity contribution in [3.8, 4) is 5.75 Å². The van der Waals surface area contributed by atoms with Gasteiger partial charge in [-0.25, -0.2) is 4.39 Å². The molecule has 1 heterocycles. The van der Waals surface area contributed by atoms with Gasteiger partial charge in [-0.15, -0.1) is 0 Å². The Kier molecular flexibility index (Phi) is 4.22. The predicted molar refractivity (Wildman–Crippen MR) is 71.9 cm³/mol. The number of benzene rings is 1. The Morgan fingerprint density at radius 2 is 2.14 bits per heavy atom. The summed E-state index contributed by atoms with van der Waals surface area (Å²) in [5.74, 6) is -1.58. The van der Waals surface area contributed by atoms with Crippen LogP contribution in [0.5, 0.6) is 5.75 Å². The van der Waals surface area contributed by atoms with Gasteiger partial charge in [0.2, 0.25) is 5.75 Å². The number of pyridine rings is 1. The van der Waals surface area contributed by atoms with Crippen LogP contribution in [0.2, 0.25) is 0 Å². The van der Waals surface area contributed by atoms with E-state index < -0.39 is 28.9 Å². The minimum Gasteiger partial charge on any atom is -0.477 e. The van der Waals surface area contributed by atoms with Crippen molar-refractivity contribution in [3.63, 3.8) is 0 Å². The number of hydrogen-bond donors (Lipinski definition) is 0. The van der Waals surface area contributed by atoms with Crippen LogP contribution in [0.1, 0.15) is 16.1 Å². The van der Waals surface area contributed by atoms with Gasteiger partial charge < -0.3 is 14.9 Å². The number of carbonyl (C=O) groups excluding carboxylic acids is 1. The third-order valence-electron chi connectivity index (χ3n) is 2.66. The van der Waals surface area contributed by atoms with Crippen molar-refractivity contribution in [2.45, 2.75) is 6.92 Å². The summed E-state index contributed by atoms with van der Waals surface area (Å²) in [4.78, 5) is 25.8. The molecule has 0 unspecified atom stereocenters. The smallest absolute Gasteiger partial charge is 0.406 e. The molecule has 0 aliphatic heterocycles. The Hall–Kier alpha value is -2.83. The molecular weight excluding hydrogens is 279 g/mol. The average Bonchev–Trinajstić information content (AvgIpc) is 2.45. The first kappa shape index (κ1) is 14.6. The van der Waals surface area contributed by atoms with Crippen LogP contribution in [-0.2, 0) is 0 Å². The number of ether oxygens (including phenoxy) is 1. The Bertz CT molecular complexity index is 703. The normalized spacial score (nSPS) is 10.2. The largest absolute Gasteiger partial charge is 0.477 e. The van der Waals surface area contributed by atoms with Gasteiger partial charge in [0.05, 0.1) is 0 Å². The van der Waals surface area contributed by atoms with Gasteiger partial charge in [-0.2, -0.15) is 0 Å². The second kappa shape index (κ2) is 6.08. The molecule has 21 heavy (non-hydrogen) atoms. The molecule has 0 amide bonds. The lowest BCUT2D eigenvalue weighted by molar-refractivity contribution is -0.390. The molecule has 2 aromatic rings. The highest BCUT2D eigenvalue weighted by molar-refractivity contribution is 5.97. The summed E-state index contributed by atoms with van der Waals surface area (Å²) in [5.41, 5.74) is 0.600. The topological polar surface area (TPSA) is 82.3 Å². The monoisotopic (exact) mass is 290 g/mol. The molecule has 0 spiro atoms. The summed E-state index contributed by atoms with van der Waals surface area (Å²) >= 11 is 0. The molecule has 1 aromatic heterocycles. The van der Waals surface area contributed by atoms with E-state index >= 15 is 0 Å². The highest BCUT2D eigenvalue weighted by Crippen LogP contribution is 2.24. The van der Waals surface area contributed by atoms with Gasteiger partial charge >= 0.3 is 5.82 Å². The Morgan fingerprint density at radius 3 is 2.81 bits per heavy atom. The van der Waals surface area contributed by atoms with Gasteiger partial charge in [-0.05, 0) is 34.2 Å². The maximum Gasteiger partial charge on any atom is 0.406 e. The molecule has 0 aliphatic carbocycles. The molecule has 0 fully saturated rings. The molecule has 6 nitrogen and oxygen atoms in total. The SMILES string of the molecule is Cc1ccc(OCC(=O)c2cccc(F)c2)c([N+](=O)[O-])n1. The molecule has 0 saturated carbocycles. The molecule has 1 aromatic carbocycles. The third-order valence-corrected chi connectivity index (χ3v) is 2.66. The van der Waals surface area contributed by atoms with Gasteiger partial charge in [-0.3, -0.25) is 4.79 Å². The van der Waals surface area contributed by atoms with Crippen molar-refractivity contribution in [2.24, 2.45) is 0 Å². The molecule has 0 radical (unpaired) electrons. The van der Waals surface area contributed by atoms with Crippen LogP contribution in [0, 0.1) is 22.9 Å². The number of carbonyl (C=O) groups is 1. The van der Waals surface area contributed by atoms with E-state index in [0.717, 1.165) is 6.07 Å². The molecule has 0 saturated heterocycles. The van der Waals surface area contributed by atoms with Crippen molar-refractivity contribution in [1.29, 1.82) is 0 Å². The van der Waals surface area contributed by atoms with E-state index in [4.69, 9.17) is 4.74 Å². The van der Waals surface area contributed by atoms with Crippen LogP contribution in [0.25, 0.3) is 0 Å². The second-order valence-corrected chi connectivity index (χ2v) is 4.25. The summed E-state index contributed by atoms with van der Waals surface area (Å²) in [7, 11) is 0. The van der Waals surface area contributed by atoms with Crippen molar-refractivity contribution in [1.82, 2.24) is 4.98 Å². The van der Waals surface area contributed by atoms with Gasteiger partial charge in [0.1, 0.15) is 11.5 Å². The molecule has 0 aliphatic rings. The highest BCUT2D eigenvalue weighted by Gasteiger charge is 2.19. The van der Waals surface area contributed by atoms with E-state index in [0.29, 0.717) is 5.69 Å². The second-order valence-electron chi connectivity index (χ2n) is 4.25. The van der Waals surface area contributed by atoms with E-state index in [9.17, 15) is 19.3 Å². The van der Waals surface area contributed by atoms with Crippen LogP contribution in [-0.4, -0.2) is 22.3 Å². The summed E-state index contributed by atoms with van der Waals surface area (Å²) in [6.45, 7) is 1.17. The molecular formula is C14H11FN2O4. The minimum atomic E-state index is -0.686. The standard InChI is InChI=1S/C14H11FN2O4/c1-9-5-6-13(14(16-9)17(19)20)21-8-12(18)10-3-2-4-11(15)7-10/h2-7H,8H2,1H3. The molecule has 2 rings (SSSR count). The maximum absolute atomic E-state index is 13.0. The third kappa shape index (κ3) is 3.59. The lowest BCUT2D eigenvalue weighted by Gasteiger charge is -2.06. The predicted octanol–water partition coefficient (Wildman–Crippen LogP) is 2.70. The number of aryl methyl sites for hydroxylation is 1. The van der Waals surface area contributed by atoms with Gasteiger partial charge in [-0.1, -0.05) is 12.1 Å². The molecule has 108 valence electrons. The van der Waals surface area contributed by atoms with Crippen molar-refractivity contribution in [3.05, 3.63) is 63.6 Å². The zero-order valence-corrected chi connectivity index (χ0v) is 11.1. The number of ketones is 1. The summed E-state index contributed by atoms with van der Waals surface area (Å²) in [6, 6.07) is 8.04. The zero-order chi connectivity index (χ0) is 15.4. The minimum absolute atomic E-state index is 0.102. The maximum atomic E-state index is 13.0. The van der Waals surface area contributed by atoms with Crippen LogP contribution in [0.15, 0.2) is 36.4 Å². The number of nitrogens with zero attached hydrogens (tertiary/aromatic N) is 2. The van der Waals surface area contributed by atoms with Crippen molar-refractivity contribution >= 4 is 11.6 Å². The van der Waals surface area contributed by atoms with Crippen molar-refractivity contribution < 1.29 is 18.8 Å². The first-order valence-corrected chi connectivity index (χ1v) is 6.01. The summed E-state index contributed by atoms with van der Waals surface area (Å²) in [6.07, 6.45) is 0. The van der Waals surface area contributed by atoms with Crippen LogP contribution < -0.4 is 4.74 Å². The van der Waals surface area contributed by atoms with Gasteiger partial charge in [0.15, 0.2) is 12.4 Å². The van der Waals surface area contributed by atoms with Crippen LogP contribution in [0.4, 0.5) is 10.2 Å². The van der Waals surface area contributed by atoms with Crippen LogP contribution >= 0.6 is 0 Å². The summed E-state index contributed by atoms with van der Waals surface area (Å²) in [5, 5.41) is 10.9. The lowest BCUT2D eigenvalue weighted by atomic mass is 10.1. The van der Waals surface area contributed by atoms with Gasteiger partial charge in [0, 0.05) is 12.5 Å². The molecule has 7 heteroatoms. The van der Waals surface area contributed by atoms with Gasteiger partial charge in [0.25, 0.3) is 0 Å². The molecule has 0 bridgehead atoms. The number of aromatic nitrogens is 1. The van der Waals surface area contributed by atoms with Crippen LogP contribution in [0.3, 0.4) is 0 Å². The first-order chi connectivity index (χ1) is 9.97. The zero-order valence-electron chi connectivity index (χ0n) is 11.1. The number of hydrogen-bond acceptors (Lipinski definition) is 5. The first-order valence-electron chi connectivity index (χ1n) is 6.01. The Labute approximate surface area is 119 Å². The Morgan fingerprint density at radius 1 is 1.38 bits per heavy atom. The number of halogens is 1. The fourth-order valence-corrected chi connectivity index (χ4v) is 1.66. The highest BCUT2D eigenvalue weighted by atomic mass is 19.1. The number of rotatable bonds is 5. The number of nitro groups is 1. The average molecular weight is 290 g/mol. The fraction of sp³-hybridized carbons (Fsp3) is 0.143. The van der Waals surface area contributed by atoms with Crippen molar-refractivity contribution in [2.75, 3.05) is 6.61 Å². The fourth-order valence-electron chi connectivity index (χ4n) is 1.66. The van der Waals surface area contributed by atoms with E-state index in [1.807, 2.05) is 0 Å². The molecule has 0 N–H and O–H groups in total. The molecule has 0 atom stereocenters.